The molecule has 3 nitrogen and oxygen atoms in total. The zero-order valence-electron chi connectivity index (χ0n) is 11.4. The van der Waals surface area contributed by atoms with Crippen molar-refractivity contribution in [3.63, 3.8) is 0 Å². The molecule has 0 fully saturated rings. The van der Waals surface area contributed by atoms with Gasteiger partial charge in [0.05, 0.1) is 11.1 Å². The van der Waals surface area contributed by atoms with Crippen LogP contribution in [0.5, 0.6) is 0 Å². The largest absolute Gasteiger partial charge is 0.478 e. The Morgan fingerprint density at radius 1 is 1.10 bits per heavy atom. The van der Waals surface area contributed by atoms with E-state index < -0.39 is 5.97 Å². The molecule has 0 bridgehead atoms. The average molecular weight is 295 g/mol. The molecule has 0 atom stereocenters. The molecule has 0 saturated heterocycles. The highest BCUT2D eigenvalue weighted by Crippen LogP contribution is 2.32. The molecule has 0 spiro atoms. The minimum atomic E-state index is -0.954. The highest BCUT2D eigenvalue weighted by molar-refractivity contribution is 7.99. The number of aryl methyl sites for hydroxylation is 1. The molecule has 1 heterocycles. The smallest absolute Gasteiger partial charge is 0.338 e. The fraction of sp³-hybridized carbons (Fsp3) is 0.0588. The van der Waals surface area contributed by atoms with Gasteiger partial charge in [0, 0.05) is 10.3 Å². The minimum absolute atomic E-state index is 0.238. The van der Waals surface area contributed by atoms with E-state index >= 15 is 0 Å². The number of pyridine rings is 1. The molecule has 0 saturated carbocycles. The Kier molecular flexibility index (Phi) is 3.62. The van der Waals surface area contributed by atoms with E-state index in [9.17, 15) is 9.90 Å². The van der Waals surface area contributed by atoms with Gasteiger partial charge in [-0.2, -0.15) is 0 Å². The van der Waals surface area contributed by atoms with Gasteiger partial charge in [0.25, 0.3) is 0 Å². The quantitative estimate of drug-likeness (QED) is 0.778. The van der Waals surface area contributed by atoms with Crippen molar-refractivity contribution in [1.29, 1.82) is 0 Å². The summed E-state index contributed by atoms with van der Waals surface area (Å²) in [6, 6.07) is 17.1. The van der Waals surface area contributed by atoms with Crippen molar-refractivity contribution < 1.29 is 9.90 Å². The third kappa shape index (κ3) is 2.76. The van der Waals surface area contributed by atoms with E-state index in [4.69, 9.17) is 0 Å². The molecule has 0 unspecified atom stereocenters. The van der Waals surface area contributed by atoms with E-state index in [-0.39, 0.29) is 5.56 Å². The lowest BCUT2D eigenvalue weighted by atomic mass is 10.1. The highest BCUT2D eigenvalue weighted by Gasteiger charge is 2.15. The van der Waals surface area contributed by atoms with Crippen LogP contribution in [-0.4, -0.2) is 16.1 Å². The molecule has 2 aromatic carbocycles. The van der Waals surface area contributed by atoms with Gasteiger partial charge in [-0.1, -0.05) is 48.2 Å². The average Bonchev–Trinajstić information content (AvgIpc) is 2.48. The number of hydrogen-bond donors (Lipinski definition) is 1. The summed E-state index contributed by atoms with van der Waals surface area (Å²) in [5.74, 6) is -0.954. The van der Waals surface area contributed by atoms with Gasteiger partial charge in [-0.25, -0.2) is 9.78 Å². The number of para-hydroxylation sites is 1. The molecule has 0 amide bonds. The Balaban J connectivity index is 2.14. The molecule has 3 aromatic rings. The van der Waals surface area contributed by atoms with Gasteiger partial charge in [-0.3, -0.25) is 0 Å². The third-order valence-corrected chi connectivity index (χ3v) is 4.40. The van der Waals surface area contributed by atoms with Crippen LogP contribution in [0.2, 0.25) is 0 Å². The second kappa shape index (κ2) is 5.58. The van der Waals surface area contributed by atoms with Gasteiger partial charge in [0.1, 0.15) is 5.03 Å². The number of rotatable bonds is 3. The van der Waals surface area contributed by atoms with Crippen LogP contribution in [0.4, 0.5) is 0 Å². The number of carbonyl (C=O) groups is 1. The fourth-order valence-corrected chi connectivity index (χ4v) is 3.09. The monoisotopic (exact) mass is 295 g/mol. The summed E-state index contributed by atoms with van der Waals surface area (Å²) in [6.45, 7) is 2.00. The minimum Gasteiger partial charge on any atom is -0.478 e. The number of nitrogens with zero attached hydrogens (tertiary/aromatic N) is 1. The summed E-state index contributed by atoms with van der Waals surface area (Å²) in [4.78, 5) is 17.0. The number of benzene rings is 2. The summed E-state index contributed by atoms with van der Waals surface area (Å²) in [5, 5.41) is 10.8. The molecule has 1 N–H and O–H groups in total. The van der Waals surface area contributed by atoms with E-state index in [2.05, 4.69) is 4.98 Å². The number of aromatic nitrogens is 1. The summed E-state index contributed by atoms with van der Waals surface area (Å²) >= 11 is 1.39. The first-order valence-electron chi connectivity index (χ1n) is 6.52. The van der Waals surface area contributed by atoms with Crippen LogP contribution in [0.15, 0.2) is 64.5 Å². The summed E-state index contributed by atoms with van der Waals surface area (Å²) < 4.78 is 0. The molecule has 0 aliphatic heterocycles. The molecule has 104 valence electrons. The fourth-order valence-electron chi connectivity index (χ4n) is 2.10. The molecule has 0 aliphatic rings. The Labute approximate surface area is 126 Å². The molecule has 21 heavy (non-hydrogen) atoms. The molecule has 4 heteroatoms. The molecule has 0 radical (unpaired) electrons. The van der Waals surface area contributed by atoms with Crippen LogP contribution in [-0.2, 0) is 0 Å². The Hall–Kier alpha value is -2.33. The zero-order chi connectivity index (χ0) is 14.8. The van der Waals surface area contributed by atoms with Gasteiger partial charge in [0.2, 0.25) is 0 Å². The number of aromatic carboxylic acids is 1. The number of carboxylic acids is 1. The first-order valence-corrected chi connectivity index (χ1v) is 7.33. The zero-order valence-corrected chi connectivity index (χ0v) is 12.2. The molecular formula is C17H13NO2S. The molecule has 3 rings (SSSR count). The van der Waals surface area contributed by atoms with Crippen molar-refractivity contribution in [1.82, 2.24) is 4.98 Å². The van der Waals surface area contributed by atoms with Crippen LogP contribution in [0.1, 0.15) is 15.9 Å². The van der Waals surface area contributed by atoms with E-state index in [1.54, 1.807) is 6.07 Å². The van der Waals surface area contributed by atoms with Gasteiger partial charge >= 0.3 is 5.97 Å². The molecular weight excluding hydrogens is 282 g/mol. The molecule has 1 aromatic heterocycles. The van der Waals surface area contributed by atoms with Crippen molar-refractivity contribution in [2.45, 2.75) is 16.8 Å². The summed E-state index contributed by atoms with van der Waals surface area (Å²) in [6.07, 6.45) is 0. The Morgan fingerprint density at radius 2 is 1.81 bits per heavy atom. The SMILES string of the molecule is Cc1ccccc1Sc1nc2ccccc2cc1C(=O)O. The number of fused-ring (bicyclic) bond motifs is 1. The first-order chi connectivity index (χ1) is 10.1. The van der Waals surface area contributed by atoms with E-state index in [0.29, 0.717) is 5.03 Å². The number of hydrogen-bond acceptors (Lipinski definition) is 3. The highest BCUT2D eigenvalue weighted by atomic mass is 32.2. The van der Waals surface area contributed by atoms with Gasteiger partial charge in [0.15, 0.2) is 0 Å². The maximum Gasteiger partial charge on any atom is 0.338 e. The maximum atomic E-state index is 11.5. The topological polar surface area (TPSA) is 50.2 Å². The lowest BCUT2D eigenvalue weighted by Crippen LogP contribution is -2.01. The predicted molar refractivity (Wildman–Crippen MR) is 84.0 cm³/mol. The van der Waals surface area contributed by atoms with Gasteiger partial charge in [-0.15, -0.1) is 0 Å². The van der Waals surface area contributed by atoms with Crippen LogP contribution in [0.25, 0.3) is 10.9 Å². The van der Waals surface area contributed by atoms with Crippen LogP contribution < -0.4 is 0 Å². The summed E-state index contributed by atoms with van der Waals surface area (Å²) in [5.41, 5.74) is 2.15. The van der Waals surface area contributed by atoms with Crippen molar-refractivity contribution in [3.8, 4) is 0 Å². The Morgan fingerprint density at radius 3 is 2.57 bits per heavy atom. The second-order valence-corrected chi connectivity index (χ2v) is 5.74. The van der Waals surface area contributed by atoms with Gasteiger partial charge in [-0.05, 0) is 30.7 Å². The lowest BCUT2D eigenvalue weighted by Gasteiger charge is -2.09. The van der Waals surface area contributed by atoms with Crippen LogP contribution >= 0.6 is 11.8 Å². The third-order valence-electron chi connectivity index (χ3n) is 3.22. The second-order valence-electron chi connectivity index (χ2n) is 4.71. The normalized spacial score (nSPS) is 10.7. The lowest BCUT2D eigenvalue weighted by molar-refractivity contribution is 0.0692. The van der Waals surface area contributed by atoms with Crippen molar-refractivity contribution in [2.75, 3.05) is 0 Å². The first kappa shape index (κ1) is 13.6. The van der Waals surface area contributed by atoms with E-state index in [0.717, 1.165) is 21.4 Å². The standard InChI is InChI=1S/C17H13NO2S/c1-11-6-2-5-9-15(11)21-16-13(17(19)20)10-12-7-3-4-8-14(12)18-16/h2-10H,1H3,(H,19,20). The number of carboxylic acid groups (broad SMARTS) is 1. The van der Waals surface area contributed by atoms with E-state index in [1.165, 1.54) is 11.8 Å². The van der Waals surface area contributed by atoms with Crippen molar-refractivity contribution in [3.05, 3.63) is 65.7 Å². The van der Waals surface area contributed by atoms with Gasteiger partial charge < -0.3 is 5.11 Å². The van der Waals surface area contributed by atoms with Crippen LogP contribution in [0.3, 0.4) is 0 Å². The van der Waals surface area contributed by atoms with Crippen molar-refractivity contribution >= 4 is 28.6 Å². The van der Waals surface area contributed by atoms with E-state index in [1.807, 2.05) is 55.5 Å². The summed E-state index contributed by atoms with van der Waals surface area (Å²) in [7, 11) is 0. The predicted octanol–water partition coefficient (Wildman–Crippen LogP) is 4.39. The molecule has 0 aliphatic carbocycles. The Bertz CT molecular complexity index is 830. The maximum absolute atomic E-state index is 11.5. The van der Waals surface area contributed by atoms with Crippen LogP contribution in [0, 0.1) is 6.92 Å². The van der Waals surface area contributed by atoms with Crippen molar-refractivity contribution in [2.24, 2.45) is 0 Å².